The molecular formula is C8H13N3O. The highest BCUT2D eigenvalue weighted by atomic mass is 16.5. The van der Waals surface area contributed by atoms with Gasteiger partial charge in [0.2, 0.25) is 0 Å². The molecule has 0 aromatic carbocycles. The molecule has 4 nitrogen and oxygen atoms in total. The molecule has 0 saturated carbocycles. The summed E-state index contributed by atoms with van der Waals surface area (Å²) in [6, 6.07) is 0. The molecule has 0 spiro atoms. The van der Waals surface area contributed by atoms with Gasteiger partial charge in [-0.3, -0.25) is 0 Å². The van der Waals surface area contributed by atoms with Crippen molar-refractivity contribution in [2.75, 3.05) is 0 Å². The van der Waals surface area contributed by atoms with Crippen LogP contribution in [0.15, 0.2) is 15.7 Å². The van der Waals surface area contributed by atoms with Crippen molar-refractivity contribution in [3.63, 3.8) is 0 Å². The minimum absolute atomic E-state index is 0.629. The number of amidine groups is 1. The van der Waals surface area contributed by atoms with Crippen LogP contribution in [0.3, 0.4) is 0 Å². The molecule has 12 heavy (non-hydrogen) atoms. The van der Waals surface area contributed by atoms with Gasteiger partial charge in [-0.1, -0.05) is 12.1 Å². The maximum atomic E-state index is 5.62. The number of rotatable bonds is 3. The van der Waals surface area contributed by atoms with E-state index in [1.54, 1.807) is 6.20 Å². The van der Waals surface area contributed by atoms with E-state index in [1.165, 1.54) is 0 Å². The molecule has 0 aliphatic carbocycles. The summed E-state index contributed by atoms with van der Waals surface area (Å²) < 4.78 is 4.83. The maximum absolute atomic E-state index is 5.62. The number of aromatic nitrogens is 1. The van der Waals surface area contributed by atoms with Gasteiger partial charge in [0.15, 0.2) is 5.76 Å². The van der Waals surface area contributed by atoms with Gasteiger partial charge in [0, 0.05) is 6.42 Å². The SMILES string of the molecule is CCCC(N)=Nc1cnoc1C. The van der Waals surface area contributed by atoms with E-state index in [1.807, 2.05) is 6.92 Å². The third kappa shape index (κ3) is 2.08. The summed E-state index contributed by atoms with van der Waals surface area (Å²) in [6.45, 7) is 3.87. The lowest BCUT2D eigenvalue weighted by Gasteiger charge is -1.94. The molecule has 0 radical (unpaired) electrons. The molecular weight excluding hydrogens is 154 g/mol. The molecule has 1 rings (SSSR count). The Labute approximate surface area is 71.5 Å². The molecule has 4 heteroatoms. The van der Waals surface area contributed by atoms with E-state index in [4.69, 9.17) is 10.3 Å². The summed E-state index contributed by atoms with van der Waals surface area (Å²) in [4.78, 5) is 4.15. The molecule has 0 saturated heterocycles. The van der Waals surface area contributed by atoms with Gasteiger partial charge in [0.25, 0.3) is 0 Å². The van der Waals surface area contributed by atoms with Crippen LogP contribution in [0.5, 0.6) is 0 Å². The van der Waals surface area contributed by atoms with E-state index >= 15 is 0 Å². The first-order valence-corrected chi connectivity index (χ1v) is 3.98. The molecule has 1 heterocycles. The van der Waals surface area contributed by atoms with Gasteiger partial charge in [-0.25, -0.2) is 4.99 Å². The first-order valence-electron chi connectivity index (χ1n) is 3.98. The van der Waals surface area contributed by atoms with Crippen LogP contribution in [0.4, 0.5) is 5.69 Å². The van der Waals surface area contributed by atoms with Crippen LogP contribution in [-0.2, 0) is 0 Å². The summed E-state index contributed by atoms with van der Waals surface area (Å²) >= 11 is 0. The third-order valence-electron chi connectivity index (χ3n) is 1.50. The number of nitrogens with zero attached hydrogens (tertiary/aromatic N) is 2. The van der Waals surface area contributed by atoms with Crippen molar-refractivity contribution in [2.45, 2.75) is 26.7 Å². The predicted octanol–water partition coefficient (Wildman–Crippen LogP) is 1.77. The zero-order chi connectivity index (χ0) is 8.97. The molecule has 1 aromatic rings. The Hall–Kier alpha value is -1.32. The first-order chi connectivity index (χ1) is 5.74. The van der Waals surface area contributed by atoms with Crippen LogP contribution in [-0.4, -0.2) is 11.0 Å². The topological polar surface area (TPSA) is 64.4 Å². The van der Waals surface area contributed by atoms with E-state index in [9.17, 15) is 0 Å². The fraction of sp³-hybridized carbons (Fsp3) is 0.500. The summed E-state index contributed by atoms with van der Waals surface area (Å²) in [5, 5.41) is 3.60. The van der Waals surface area contributed by atoms with Gasteiger partial charge in [-0.15, -0.1) is 0 Å². The predicted molar refractivity (Wildman–Crippen MR) is 47.4 cm³/mol. The Kier molecular flexibility index (Phi) is 2.85. The number of aryl methyl sites for hydroxylation is 1. The molecule has 0 atom stereocenters. The normalized spacial score (nSPS) is 12.0. The lowest BCUT2D eigenvalue weighted by molar-refractivity contribution is 0.398. The number of hydrogen-bond donors (Lipinski definition) is 1. The van der Waals surface area contributed by atoms with Gasteiger partial charge in [-0.2, -0.15) is 0 Å². The van der Waals surface area contributed by atoms with Crippen molar-refractivity contribution in [3.05, 3.63) is 12.0 Å². The minimum Gasteiger partial charge on any atom is -0.387 e. The summed E-state index contributed by atoms with van der Waals surface area (Å²) in [7, 11) is 0. The van der Waals surface area contributed by atoms with Gasteiger partial charge >= 0.3 is 0 Å². The van der Waals surface area contributed by atoms with Crippen molar-refractivity contribution in [1.29, 1.82) is 0 Å². The van der Waals surface area contributed by atoms with Gasteiger partial charge < -0.3 is 10.3 Å². The largest absolute Gasteiger partial charge is 0.387 e. The minimum atomic E-state index is 0.629. The molecule has 0 aliphatic heterocycles. The highest BCUT2D eigenvalue weighted by Gasteiger charge is 2.00. The molecule has 0 bridgehead atoms. The Balaban J connectivity index is 2.73. The van der Waals surface area contributed by atoms with E-state index in [0.29, 0.717) is 11.6 Å². The maximum Gasteiger partial charge on any atom is 0.159 e. The van der Waals surface area contributed by atoms with Crippen molar-refractivity contribution < 1.29 is 4.52 Å². The lowest BCUT2D eigenvalue weighted by atomic mass is 10.3. The Morgan fingerprint density at radius 1 is 1.75 bits per heavy atom. The van der Waals surface area contributed by atoms with Crippen LogP contribution in [0, 0.1) is 6.92 Å². The number of aliphatic imine (C=N–C) groups is 1. The second-order valence-corrected chi connectivity index (χ2v) is 2.62. The van der Waals surface area contributed by atoms with Crippen LogP contribution < -0.4 is 5.73 Å². The van der Waals surface area contributed by atoms with E-state index in [0.717, 1.165) is 18.5 Å². The van der Waals surface area contributed by atoms with Crippen LogP contribution in [0.25, 0.3) is 0 Å². The van der Waals surface area contributed by atoms with Gasteiger partial charge in [0.1, 0.15) is 5.69 Å². The lowest BCUT2D eigenvalue weighted by Crippen LogP contribution is -2.09. The monoisotopic (exact) mass is 167 g/mol. The average Bonchev–Trinajstić information content (AvgIpc) is 2.37. The highest BCUT2D eigenvalue weighted by Crippen LogP contribution is 2.16. The zero-order valence-electron chi connectivity index (χ0n) is 7.37. The number of nitrogens with two attached hydrogens (primary N) is 1. The standard InChI is InChI=1S/C8H13N3O/c1-3-4-8(9)11-7-5-10-12-6(7)2/h5H,3-4H2,1-2H3,(H2,9,11). The highest BCUT2D eigenvalue weighted by molar-refractivity contribution is 5.83. The molecule has 0 amide bonds. The summed E-state index contributed by atoms with van der Waals surface area (Å²) in [6.07, 6.45) is 3.38. The smallest absolute Gasteiger partial charge is 0.159 e. The molecule has 0 unspecified atom stereocenters. The van der Waals surface area contributed by atoms with Crippen molar-refractivity contribution in [3.8, 4) is 0 Å². The second kappa shape index (κ2) is 3.90. The van der Waals surface area contributed by atoms with Gasteiger partial charge in [0.05, 0.1) is 12.0 Å². The molecule has 66 valence electrons. The molecule has 1 aromatic heterocycles. The molecule has 0 fully saturated rings. The first kappa shape index (κ1) is 8.77. The van der Waals surface area contributed by atoms with E-state index in [2.05, 4.69) is 17.1 Å². The van der Waals surface area contributed by atoms with Crippen LogP contribution in [0.1, 0.15) is 25.5 Å². The zero-order valence-corrected chi connectivity index (χ0v) is 7.37. The fourth-order valence-corrected chi connectivity index (χ4v) is 0.867. The fourth-order valence-electron chi connectivity index (χ4n) is 0.867. The van der Waals surface area contributed by atoms with Gasteiger partial charge in [-0.05, 0) is 13.3 Å². The second-order valence-electron chi connectivity index (χ2n) is 2.62. The van der Waals surface area contributed by atoms with E-state index < -0.39 is 0 Å². The Bertz CT molecular complexity index is 278. The Morgan fingerprint density at radius 3 is 3.00 bits per heavy atom. The molecule has 0 aliphatic rings. The Morgan fingerprint density at radius 2 is 2.50 bits per heavy atom. The van der Waals surface area contributed by atoms with Crippen LogP contribution in [0.2, 0.25) is 0 Å². The number of hydrogen-bond acceptors (Lipinski definition) is 3. The average molecular weight is 167 g/mol. The quantitative estimate of drug-likeness (QED) is 0.551. The van der Waals surface area contributed by atoms with Crippen molar-refractivity contribution in [2.24, 2.45) is 10.7 Å². The van der Waals surface area contributed by atoms with Crippen molar-refractivity contribution in [1.82, 2.24) is 5.16 Å². The summed E-state index contributed by atoms with van der Waals surface area (Å²) in [5.41, 5.74) is 6.35. The summed E-state index contributed by atoms with van der Waals surface area (Å²) in [5.74, 6) is 1.33. The van der Waals surface area contributed by atoms with E-state index in [-0.39, 0.29) is 0 Å². The van der Waals surface area contributed by atoms with Crippen molar-refractivity contribution >= 4 is 11.5 Å². The third-order valence-corrected chi connectivity index (χ3v) is 1.50. The van der Waals surface area contributed by atoms with Crippen LogP contribution >= 0.6 is 0 Å². The molecule has 2 N–H and O–H groups in total.